The first-order valence-corrected chi connectivity index (χ1v) is 6.23. The Labute approximate surface area is 87.4 Å². The lowest BCUT2D eigenvalue weighted by molar-refractivity contribution is 0.473. The van der Waals surface area contributed by atoms with Crippen LogP contribution >= 0.6 is 0 Å². The molecule has 1 aromatic carbocycles. The van der Waals surface area contributed by atoms with Crippen LogP contribution in [0.1, 0.15) is 26.2 Å². The normalized spacial score (nSPS) is 12.6. The molecule has 0 saturated carbocycles. The average Bonchev–Trinajstić information content (AvgIpc) is 2.18. The number of hydrogen-bond donors (Lipinski definition) is 1. The van der Waals surface area contributed by atoms with E-state index in [4.69, 9.17) is 0 Å². The van der Waals surface area contributed by atoms with Crippen LogP contribution in [0.5, 0.6) is 5.75 Å². The van der Waals surface area contributed by atoms with E-state index >= 15 is 0 Å². The molecule has 0 aliphatic heterocycles. The first kappa shape index (κ1) is 11.2. The van der Waals surface area contributed by atoms with Crippen LogP contribution in [0.3, 0.4) is 0 Å². The summed E-state index contributed by atoms with van der Waals surface area (Å²) < 4.78 is 11.7. The second-order valence-corrected chi connectivity index (χ2v) is 4.82. The van der Waals surface area contributed by atoms with Gasteiger partial charge in [0.25, 0.3) is 0 Å². The van der Waals surface area contributed by atoms with Crippen LogP contribution in [0.25, 0.3) is 0 Å². The first-order chi connectivity index (χ1) is 6.74. The van der Waals surface area contributed by atoms with Gasteiger partial charge in [0.2, 0.25) is 0 Å². The van der Waals surface area contributed by atoms with Gasteiger partial charge in [-0.25, -0.2) is 0 Å². The zero-order valence-electron chi connectivity index (χ0n) is 8.40. The molecule has 1 atom stereocenters. The number of rotatable bonds is 5. The summed E-state index contributed by atoms with van der Waals surface area (Å²) in [6.45, 7) is 2.12. The highest BCUT2D eigenvalue weighted by molar-refractivity contribution is 7.85. The summed E-state index contributed by atoms with van der Waals surface area (Å²) >= 11 is 0. The molecular formula is C11H16O2S. The summed E-state index contributed by atoms with van der Waals surface area (Å²) in [4.78, 5) is 0.723. The Morgan fingerprint density at radius 2 is 2.14 bits per heavy atom. The summed E-state index contributed by atoms with van der Waals surface area (Å²) in [5.74, 6) is 0.878. The predicted molar refractivity (Wildman–Crippen MR) is 58.9 cm³/mol. The second kappa shape index (κ2) is 5.81. The Hall–Kier alpha value is -0.830. The van der Waals surface area contributed by atoms with Crippen LogP contribution in [0.15, 0.2) is 29.2 Å². The quantitative estimate of drug-likeness (QED) is 0.762. The average molecular weight is 212 g/mol. The van der Waals surface area contributed by atoms with E-state index in [1.807, 2.05) is 0 Å². The molecule has 0 aliphatic carbocycles. The molecule has 1 N–H and O–H groups in total. The zero-order valence-corrected chi connectivity index (χ0v) is 9.22. The lowest BCUT2D eigenvalue weighted by Gasteiger charge is -2.01. The molecule has 14 heavy (non-hydrogen) atoms. The van der Waals surface area contributed by atoms with Gasteiger partial charge in [-0.2, -0.15) is 0 Å². The molecule has 0 fully saturated rings. The van der Waals surface area contributed by atoms with Crippen LogP contribution in [0.2, 0.25) is 0 Å². The number of phenolic OH excluding ortho intramolecular Hbond substituents is 1. The van der Waals surface area contributed by atoms with Crippen molar-refractivity contribution in [2.75, 3.05) is 5.75 Å². The monoisotopic (exact) mass is 212 g/mol. The van der Waals surface area contributed by atoms with Crippen molar-refractivity contribution in [1.82, 2.24) is 0 Å². The molecule has 0 heterocycles. The highest BCUT2D eigenvalue weighted by Gasteiger charge is 2.03. The summed E-state index contributed by atoms with van der Waals surface area (Å²) in [6, 6.07) is 6.68. The summed E-state index contributed by atoms with van der Waals surface area (Å²) in [5.41, 5.74) is 0. The minimum absolute atomic E-state index is 0.186. The van der Waals surface area contributed by atoms with Crippen molar-refractivity contribution in [3.63, 3.8) is 0 Å². The fraction of sp³-hybridized carbons (Fsp3) is 0.455. The van der Waals surface area contributed by atoms with Crippen molar-refractivity contribution in [1.29, 1.82) is 0 Å². The highest BCUT2D eigenvalue weighted by Crippen LogP contribution is 2.15. The Balaban J connectivity index is 2.52. The molecule has 0 aromatic heterocycles. The molecule has 78 valence electrons. The fourth-order valence-corrected chi connectivity index (χ4v) is 2.41. The zero-order chi connectivity index (χ0) is 10.4. The van der Waals surface area contributed by atoms with Crippen LogP contribution in [-0.2, 0) is 10.8 Å². The lowest BCUT2D eigenvalue weighted by Crippen LogP contribution is -1.97. The highest BCUT2D eigenvalue weighted by atomic mass is 32.2. The Morgan fingerprint density at radius 1 is 1.36 bits per heavy atom. The fourth-order valence-electron chi connectivity index (χ4n) is 1.23. The molecule has 0 bridgehead atoms. The smallest absolute Gasteiger partial charge is 0.116 e. The SMILES string of the molecule is CCCCC[S@@](=O)c1cccc(O)c1. The van der Waals surface area contributed by atoms with Crippen LogP contribution in [0.4, 0.5) is 0 Å². The van der Waals surface area contributed by atoms with E-state index in [0.717, 1.165) is 24.2 Å². The van der Waals surface area contributed by atoms with Gasteiger partial charge in [0, 0.05) is 10.6 Å². The Kier molecular flexibility index (Phi) is 4.66. The maximum Gasteiger partial charge on any atom is 0.116 e. The lowest BCUT2D eigenvalue weighted by atomic mass is 10.3. The van der Waals surface area contributed by atoms with Crippen molar-refractivity contribution in [2.24, 2.45) is 0 Å². The summed E-state index contributed by atoms with van der Waals surface area (Å²) in [6.07, 6.45) is 3.24. The standard InChI is InChI=1S/C11H16O2S/c1-2-3-4-8-14(13)11-7-5-6-10(12)9-11/h5-7,9,12H,2-4,8H2,1H3/t14-/m1/s1. The number of phenols is 1. The topological polar surface area (TPSA) is 37.3 Å². The van der Waals surface area contributed by atoms with Gasteiger partial charge in [0.15, 0.2) is 0 Å². The largest absolute Gasteiger partial charge is 0.508 e. The molecule has 0 unspecified atom stereocenters. The van der Waals surface area contributed by atoms with E-state index < -0.39 is 10.8 Å². The van der Waals surface area contributed by atoms with E-state index in [-0.39, 0.29) is 5.75 Å². The van der Waals surface area contributed by atoms with Crippen LogP contribution < -0.4 is 0 Å². The number of benzene rings is 1. The van der Waals surface area contributed by atoms with Gasteiger partial charge < -0.3 is 5.11 Å². The van der Waals surface area contributed by atoms with Gasteiger partial charge in [-0.1, -0.05) is 25.8 Å². The van der Waals surface area contributed by atoms with Gasteiger partial charge in [-0.3, -0.25) is 4.21 Å². The van der Waals surface area contributed by atoms with Gasteiger partial charge >= 0.3 is 0 Å². The Bertz CT molecular complexity index is 310. The molecule has 0 saturated heterocycles. The number of hydrogen-bond acceptors (Lipinski definition) is 2. The predicted octanol–water partition coefficient (Wildman–Crippen LogP) is 2.69. The molecule has 0 amide bonds. The van der Waals surface area contributed by atoms with Crippen molar-refractivity contribution in [3.05, 3.63) is 24.3 Å². The minimum Gasteiger partial charge on any atom is -0.508 e. The third-order valence-electron chi connectivity index (χ3n) is 2.01. The summed E-state index contributed by atoms with van der Waals surface area (Å²) in [7, 11) is -0.955. The molecule has 2 nitrogen and oxygen atoms in total. The van der Waals surface area contributed by atoms with Gasteiger partial charge in [0.05, 0.1) is 10.8 Å². The molecule has 0 radical (unpaired) electrons. The van der Waals surface area contributed by atoms with Crippen molar-refractivity contribution in [3.8, 4) is 5.75 Å². The molecule has 1 rings (SSSR count). The van der Waals surface area contributed by atoms with Crippen LogP contribution in [0, 0.1) is 0 Å². The van der Waals surface area contributed by atoms with Crippen LogP contribution in [-0.4, -0.2) is 15.1 Å². The van der Waals surface area contributed by atoms with Gasteiger partial charge in [-0.05, 0) is 24.6 Å². The third kappa shape index (κ3) is 3.50. The van der Waals surface area contributed by atoms with Crippen molar-refractivity contribution >= 4 is 10.8 Å². The Morgan fingerprint density at radius 3 is 2.79 bits per heavy atom. The first-order valence-electron chi connectivity index (χ1n) is 4.91. The van der Waals surface area contributed by atoms with E-state index in [0.29, 0.717) is 5.75 Å². The molecular weight excluding hydrogens is 196 g/mol. The molecule has 1 aromatic rings. The third-order valence-corrected chi connectivity index (χ3v) is 3.45. The van der Waals surface area contributed by atoms with Crippen molar-refractivity contribution < 1.29 is 9.32 Å². The van der Waals surface area contributed by atoms with E-state index in [1.165, 1.54) is 0 Å². The van der Waals surface area contributed by atoms with Gasteiger partial charge in [-0.15, -0.1) is 0 Å². The maximum absolute atomic E-state index is 11.7. The summed E-state index contributed by atoms with van der Waals surface area (Å²) in [5, 5.41) is 9.20. The van der Waals surface area contributed by atoms with E-state index in [9.17, 15) is 9.32 Å². The van der Waals surface area contributed by atoms with Crippen molar-refractivity contribution in [2.45, 2.75) is 31.1 Å². The minimum atomic E-state index is -0.955. The second-order valence-electron chi connectivity index (χ2n) is 3.25. The number of unbranched alkanes of at least 4 members (excludes halogenated alkanes) is 2. The van der Waals surface area contributed by atoms with Gasteiger partial charge in [0.1, 0.15) is 5.75 Å². The molecule has 0 aliphatic rings. The van der Waals surface area contributed by atoms with E-state index in [1.54, 1.807) is 24.3 Å². The molecule has 3 heteroatoms. The number of aromatic hydroxyl groups is 1. The van der Waals surface area contributed by atoms with E-state index in [2.05, 4.69) is 6.92 Å². The maximum atomic E-state index is 11.7. The molecule has 0 spiro atoms.